The van der Waals surface area contributed by atoms with E-state index in [2.05, 4.69) is 33.3 Å². The molecule has 28 heavy (non-hydrogen) atoms. The van der Waals surface area contributed by atoms with Gasteiger partial charge in [0.15, 0.2) is 0 Å². The molecule has 0 radical (unpaired) electrons. The second-order valence-corrected chi connectivity index (χ2v) is 7.89. The average Bonchev–Trinajstić information content (AvgIpc) is 3.28. The molecule has 4 atom stereocenters. The predicted molar refractivity (Wildman–Crippen MR) is 101 cm³/mol. The summed E-state index contributed by atoms with van der Waals surface area (Å²) in [6.07, 6.45) is 5.19. The van der Waals surface area contributed by atoms with E-state index in [1.165, 1.54) is 6.20 Å². The molecule has 0 aromatic carbocycles. The highest BCUT2D eigenvalue weighted by atomic mass is 19.1. The number of carbonyl (C=O) groups excluding carboxylic acids is 1. The first-order chi connectivity index (χ1) is 13.5. The van der Waals surface area contributed by atoms with Gasteiger partial charge < -0.3 is 10.4 Å². The minimum absolute atomic E-state index is 0.175. The van der Waals surface area contributed by atoms with Gasteiger partial charge in [0.2, 0.25) is 0 Å². The molecule has 2 fully saturated rings. The van der Waals surface area contributed by atoms with E-state index in [1.807, 2.05) is 10.9 Å². The first-order valence-corrected chi connectivity index (χ1v) is 9.86. The largest absolute Gasteiger partial charge is 0.391 e. The number of pyridine rings is 1. The number of amides is 1. The number of aromatic nitrogens is 3. The Kier molecular flexibility index (Phi) is 5.41. The van der Waals surface area contributed by atoms with Crippen LogP contribution in [0.2, 0.25) is 0 Å². The molecule has 0 bridgehead atoms. The maximum absolute atomic E-state index is 13.3. The molecule has 1 saturated heterocycles. The standard InChI is InChI=1S/C20H26FN5O2/c1-2-26-4-3-17(24-26)12-25-10-14-6-18(19(27)7-15(14)11-25)23-20(28)13-5-16(21)9-22-8-13/h3-5,8-9,14-15,18-19,27H,2,6-7,10-12H2,1H3,(H,23,28)/t14-,15+,18-,19-/m0/s1. The van der Waals surface area contributed by atoms with E-state index in [0.717, 1.165) is 50.6 Å². The number of fused-ring (bicyclic) bond motifs is 1. The molecule has 7 nitrogen and oxygen atoms in total. The first-order valence-electron chi connectivity index (χ1n) is 9.86. The van der Waals surface area contributed by atoms with Gasteiger partial charge in [0.25, 0.3) is 5.91 Å². The second kappa shape index (κ2) is 7.97. The zero-order chi connectivity index (χ0) is 19.7. The van der Waals surface area contributed by atoms with Crippen LogP contribution in [0, 0.1) is 17.7 Å². The number of rotatable bonds is 5. The summed E-state index contributed by atoms with van der Waals surface area (Å²) in [7, 11) is 0. The number of aliphatic hydroxyl groups is 1. The number of carbonyl (C=O) groups is 1. The molecule has 2 aliphatic rings. The molecule has 2 N–H and O–H groups in total. The predicted octanol–water partition coefficient (Wildman–Crippen LogP) is 1.44. The zero-order valence-corrected chi connectivity index (χ0v) is 16.0. The molecule has 3 heterocycles. The summed E-state index contributed by atoms with van der Waals surface area (Å²) in [6, 6.07) is 2.89. The van der Waals surface area contributed by atoms with E-state index in [0.29, 0.717) is 18.3 Å². The molecule has 0 unspecified atom stereocenters. The van der Waals surface area contributed by atoms with Crippen molar-refractivity contribution in [3.8, 4) is 0 Å². The Morgan fingerprint density at radius 3 is 2.82 bits per heavy atom. The van der Waals surface area contributed by atoms with E-state index < -0.39 is 17.8 Å². The number of hydrogen-bond acceptors (Lipinski definition) is 5. The van der Waals surface area contributed by atoms with Crippen molar-refractivity contribution < 1.29 is 14.3 Å². The van der Waals surface area contributed by atoms with Crippen LogP contribution in [-0.4, -0.2) is 55.9 Å². The molecule has 2 aromatic rings. The van der Waals surface area contributed by atoms with E-state index in [4.69, 9.17) is 0 Å². The van der Waals surface area contributed by atoms with E-state index in [9.17, 15) is 14.3 Å². The maximum atomic E-state index is 13.3. The van der Waals surface area contributed by atoms with Crippen molar-refractivity contribution in [3.05, 3.63) is 47.8 Å². The van der Waals surface area contributed by atoms with Crippen LogP contribution in [0.15, 0.2) is 30.7 Å². The molecule has 1 aliphatic carbocycles. The lowest BCUT2D eigenvalue weighted by atomic mass is 9.77. The van der Waals surface area contributed by atoms with Crippen molar-refractivity contribution in [1.29, 1.82) is 0 Å². The Hall–Kier alpha value is -2.32. The Balaban J connectivity index is 1.35. The molecule has 1 amide bonds. The fourth-order valence-electron chi connectivity index (χ4n) is 4.49. The van der Waals surface area contributed by atoms with Crippen LogP contribution in [0.1, 0.15) is 35.8 Å². The van der Waals surface area contributed by atoms with Crippen LogP contribution >= 0.6 is 0 Å². The van der Waals surface area contributed by atoms with Gasteiger partial charge in [-0.1, -0.05) is 0 Å². The Morgan fingerprint density at radius 2 is 2.11 bits per heavy atom. The zero-order valence-electron chi connectivity index (χ0n) is 16.0. The molecular weight excluding hydrogens is 361 g/mol. The highest BCUT2D eigenvalue weighted by Crippen LogP contribution is 2.37. The van der Waals surface area contributed by atoms with Gasteiger partial charge in [-0.25, -0.2) is 4.39 Å². The molecule has 150 valence electrons. The molecule has 1 saturated carbocycles. The van der Waals surface area contributed by atoms with Crippen molar-refractivity contribution >= 4 is 5.91 Å². The van der Waals surface area contributed by atoms with Gasteiger partial charge in [-0.3, -0.25) is 19.4 Å². The fraction of sp³-hybridized carbons (Fsp3) is 0.550. The van der Waals surface area contributed by atoms with Crippen molar-refractivity contribution in [2.24, 2.45) is 11.8 Å². The van der Waals surface area contributed by atoms with Crippen molar-refractivity contribution in [1.82, 2.24) is 25.0 Å². The monoisotopic (exact) mass is 387 g/mol. The van der Waals surface area contributed by atoms with Gasteiger partial charge >= 0.3 is 0 Å². The number of nitrogens with one attached hydrogen (secondary N) is 1. The van der Waals surface area contributed by atoms with Crippen molar-refractivity contribution in [2.75, 3.05) is 13.1 Å². The van der Waals surface area contributed by atoms with Gasteiger partial charge in [0, 0.05) is 38.6 Å². The number of likely N-dealkylation sites (tertiary alicyclic amines) is 1. The lowest BCUT2D eigenvalue weighted by molar-refractivity contribution is 0.0461. The van der Waals surface area contributed by atoms with Gasteiger partial charge in [-0.2, -0.15) is 5.10 Å². The number of aryl methyl sites for hydroxylation is 1. The van der Waals surface area contributed by atoms with Crippen LogP contribution in [0.5, 0.6) is 0 Å². The summed E-state index contributed by atoms with van der Waals surface area (Å²) in [5.74, 6) is -0.0943. The van der Waals surface area contributed by atoms with Crippen molar-refractivity contribution in [2.45, 2.75) is 45.0 Å². The first kappa shape index (κ1) is 19.0. The molecular formula is C20H26FN5O2. The summed E-state index contributed by atoms with van der Waals surface area (Å²) in [4.78, 5) is 18.5. The van der Waals surface area contributed by atoms with E-state index in [1.54, 1.807) is 0 Å². The molecule has 8 heteroatoms. The van der Waals surface area contributed by atoms with Crippen LogP contribution in [0.3, 0.4) is 0 Å². The fourth-order valence-corrected chi connectivity index (χ4v) is 4.49. The summed E-state index contributed by atoms with van der Waals surface area (Å²) in [5, 5.41) is 18.0. The lowest BCUT2D eigenvalue weighted by Crippen LogP contribution is -2.49. The third-order valence-electron chi connectivity index (χ3n) is 5.91. The second-order valence-electron chi connectivity index (χ2n) is 7.89. The summed E-state index contributed by atoms with van der Waals surface area (Å²) < 4.78 is 15.2. The molecule has 1 aliphatic heterocycles. The van der Waals surface area contributed by atoms with Crippen molar-refractivity contribution in [3.63, 3.8) is 0 Å². The Labute approximate surface area is 163 Å². The van der Waals surface area contributed by atoms with Crippen LogP contribution in [0.25, 0.3) is 0 Å². The summed E-state index contributed by atoms with van der Waals surface area (Å²) in [6.45, 7) is 5.61. The number of halogens is 1. The third-order valence-corrected chi connectivity index (χ3v) is 5.91. The average molecular weight is 387 g/mol. The molecule has 0 spiro atoms. The molecule has 2 aromatic heterocycles. The summed E-state index contributed by atoms with van der Waals surface area (Å²) in [5.41, 5.74) is 1.23. The molecule has 4 rings (SSSR count). The van der Waals surface area contributed by atoms with Gasteiger partial charge in [-0.15, -0.1) is 0 Å². The van der Waals surface area contributed by atoms with Crippen LogP contribution in [0.4, 0.5) is 4.39 Å². The van der Waals surface area contributed by atoms with Gasteiger partial charge in [0.1, 0.15) is 5.82 Å². The number of hydrogen-bond donors (Lipinski definition) is 2. The summed E-state index contributed by atoms with van der Waals surface area (Å²) >= 11 is 0. The quantitative estimate of drug-likeness (QED) is 0.811. The lowest BCUT2D eigenvalue weighted by Gasteiger charge is -2.35. The number of nitrogens with zero attached hydrogens (tertiary/aromatic N) is 4. The maximum Gasteiger partial charge on any atom is 0.253 e. The van der Waals surface area contributed by atoms with E-state index in [-0.39, 0.29) is 11.6 Å². The third kappa shape index (κ3) is 4.07. The SMILES string of the molecule is CCn1ccc(CN2C[C@H]3C[C@H](O)[C@@H](NC(=O)c4cncc(F)c4)C[C@H]3C2)n1. The number of aliphatic hydroxyl groups excluding tert-OH is 1. The van der Waals surface area contributed by atoms with Gasteiger partial charge in [0.05, 0.1) is 29.6 Å². The van der Waals surface area contributed by atoms with Crippen LogP contribution in [-0.2, 0) is 13.1 Å². The minimum Gasteiger partial charge on any atom is -0.391 e. The Morgan fingerprint density at radius 1 is 1.32 bits per heavy atom. The topological polar surface area (TPSA) is 83.3 Å². The highest BCUT2D eigenvalue weighted by Gasteiger charge is 2.42. The van der Waals surface area contributed by atoms with Crippen LogP contribution < -0.4 is 5.32 Å². The smallest absolute Gasteiger partial charge is 0.253 e. The van der Waals surface area contributed by atoms with Gasteiger partial charge in [-0.05, 0) is 43.7 Å². The Bertz CT molecular complexity index is 842. The highest BCUT2D eigenvalue weighted by molar-refractivity contribution is 5.94. The van der Waals surface area contributed by atoms with E-state index >= 15 is 0 Å². The minimum atomic E-state index is -0.592. The normalized spacial score (nSPS) is 27.5.